The highest BCUT2D eigenvalue weighted by atomic mass is 19.1. The summed E-state index contributed by atoms with van der Waals surface area (Å²) in [6.45, 7) is 0.132. The summed E-state index contributed by atoms with van der Waals surface area (Å²) in [7, 11) is 1.58. The van der Waals surface area contributed by atoms with Gasteiger partial charge < -0.3 is 10.0 Å². The molecule has 0 unspecified atom stereocenters. The molecular weight excluding hydrogens is 249 g/mol. The molecule has 100 valence electrons. The minimum atomic E-state index is -0.409. The predicted octanol–water partition coefficient (Wildman–Crippen LogP) is 1.08. The summed E-state index contributed by atoms with van der Waals surface area (Å²) in [5.41, 5.74) is 0.630. The molecule has 1 amide bonds. The zero-order chi connectivity index (χ0) is 13.8. The van der Waals surface area contributed by atoms with Gasteiger partial charge in [-0.2, -0.15) is 5.10 Å². The van der Waals surface area contributed by atoms with E-state index in [0.29, 0.717) is 5.56 Å². The first-order chi connectivity index (χ1) is 9.13. The largest absolute Gasteiger partial charge is 0.395 e. The average molecular weight is 263 g/mol. The summed E-state index contributed by atoms with van der Waals surface area (Å²) in [5, 5.41) is 12.8. The number of hydrogen-bond donors (Lipinski definition) is 1. The van der Waals surface area contributed by atoms with Gasteiger partial charge in [0.1, 0.15) is 11.5 Å². The fraction of sp³-hybridized carbons (Fsp3) is 0.231. The third kappa shape index (κ3) is 2.79. The molecule has 1 N–H and O–H groups in total. The van der Waals surface area contributed by atoms with E-state index >= 15 is 0 Å². The lowest BCUT2D eigenvalue weighted by atomic mass is 10.3. The van der Waals surface area contributed by atoms with E-state index in [9.17, 15) is 9.18 Å². The maximum absolute atomic E-state index is 13.6. The Morgan fingerprint density at radius 1 is 1.47 bits per heavy atom. The molecule has 0 bridgehead atoms. The van der Waals surface area contributed by atoms with Crippen LogP contribution in [0.15, 0.2) is 36.7 Å². The Bertz CT molecular complexity index is 583. The van der Waals surface area contributed by atoms with Crippen molar-refractivity contribution in [2.75, 3.05) is 20.2 Å². The van der Waals surface area contributed by atoms with E-state index in [0.717, 1.165) is 0 Å². The third-order valence-corrected chi connectivity index (χ3v) is 2.71. The van der Waals surface area contributed by atoms with Crippen LogP contribution in [0.4, 0.5) is 4.39 Å². The second-order valence-corrected chi connectivity index (χ2v) is 4.08. The van der Waals surface area contributed by atoms with E-state index < -0.39 is 5.82 Å². The molecule has 0 saturated heterocycles. The summed E-state index contributed by atoms with van der Waals surface area (Å²) in [4.78, 5) is 13.3. The van der Waals surface area contributed by atoms with Gasteiger partial charge in [-0.15, -0.1) is 0 Å². The standard InChI is InChI=1S/C13H14FN3O2/c1-16(6-7-18)13(19)10-8-15-17(9-10)12-5-3-2-4-11(12)14/h2-5,8-9,18H,6-7H2,1H3. The van der Waals surface area contributed by atoms with E-state index in [1.807, 2.05) is 0 Å². The van der Waals surface area contributed by atoms with Crippen LogP contribution in [-0.2, 0) is 0 Å². The van der Waals surface area contributed by atoms with Crippen LogP contribution in [0.5, 0.6) is 0 Å². The fourth-order valence-electron chi connectivity index (χ4n) is 1.67. The van der Waals surface area contributed by atoms with Gasteiger partial charge in [-0.05, 0) is 12.1 Å². The topological polar surface area (TPSA) is 58.4 Å². The zero-order valence-electron chi connectivity index (χ0n) is 10.5. The van der Waals surface area contributed by atoms with Crippen LogP contribution in [0.25, 0.3) is 5.69 Å². The van der Waals surface area contributed by atoms with E-state index in [4.69, 9.17) is 5.11 Å². The van der Waals surface area contributed by atoms with Crippen molar-refractivity contribution < 1.29 is 14.3 Å². The molecule has 0 atom stereocenters. The van der Waals surface area contributed by atoms with Gasteiger partial charge in [0.25, 0.3) is 5.91 Å². The number of likely N-dealkylation sites (N-methyl/N-ethyl adjacent to an activating group) is 1. The number of halogens is 1. The molecule has 5 nitrogen and oxygen atoms in total. The molecular formula is C13H14FN3O2. The highest BCUT2D eigenvalue weighted by molar-refractivity contribution is 5.93. The Labute approximate surface area is 109 Å². The molecule has 6 heteroatoms. The number of aromatic nitrogens is 2. The fourth-order valence-corrected chi connectivity index (χ4v) is 1.67. The quantitative estimate of drug-likeness (QED) is 0.897. The lowest BCUT2D eigenvalue weighted by molar-refractivity contribution is 0.0767. The molecule has 0 saturated carbocycles. The Kier molecular flexibility index (Phi) is 3.91. The maximum atomic E-state index is 13.6. The number of benzene rings is 1. The van der Waals surface area contributed by atoms with E-state index in [-0.39, 0.29) is 24.7 Å². The molecule has 0 aliphatic carbocycles. The van der Waals surface area contributed by atoms with Crippen molar-refractivity contribution in [2.45, 2.75) is 0 Å². The molecule has 2 aromatic rings. The molecule has 2 rings (SSSR count). The van der Waals surface area contributed by atoms with Gasteiger partial charge >= 0.3 is 0 Å². The Balaban J connectivity index is 2.25. The van der Waals surface area contributed by atoms with Crippen molar-refractivity contribution in [3.63, 3.8) is 0 Å². The van der Waals surface area contributed by atoms with E-state index in [1.54, 1.807) is 25.2 Å². The van der Waals surface area contributed by atoms with E-state index in [1.165, 1.54) is 28.0 Å². The molecule has 0 radical (unpaired) electrons. The van der Waals surface area contributed by atoms with Gasteiger partial charge in [0, 0.05) is 19.8 Å². The number of aliphatic hydroxyl groups excluding tert-OH is 1. The Hall–Kier alpha value is -2.21. The predicted molar refractivity (Wildman–Crippen MR) is 67.6 cm³/mol. The molecule has 1 aromatic heterocycles. The molecule has 19 heavy (non-hydrogen) atoms. The van der Waals surface area contributed by atoms with E-state index in [2.05, 4.69) is 5.10 Å². The normalized spacial score (nSPS) is 10.5. The van der Waals surface area contributed by atoms with Crippen molar-refractivity contribution >= 4 is 5.91 Å². The van der Waals surface area contributed by atoms with Crippen LogP contribution in [0.1, 0.15) is 10.4 Å². The van der Waals surface area contributed by atoms with Gasteiger partial charge in [-0.3, -0.25) is 4.79 Å². The Morgan fingerprint density at radius 3 is 2.89 bits per heavy atom. The van der Waals surface area contributed by atoms with Gasteiger partial charge in [0.2, 0.25) is 0 Å². The lowest BCUT2D eigenvalue weighted by Crippen LogP contribution is -2.29. The molecule has 0 fully saturated rings. The first kappa shape index (κ1) is 13.2. The average Bonchev–Trinajstić information content (AvgIpc) is 2.88. The lowest BCUT2D eigenvalue weighted by Gasteiger charge is -2.13. The summed E-state index contributed by atoms with van der Waals surface area (Å²) in [6, 6.07) is 6.19. The molecule has 1 heterocycles. The van der Waals surface area contributed by atoms with Gasteiger partial charge in [-0.1, -0.05) is 12.1 Å². The van der Waals surface area contributed by atoms with Crippen molar-refractivity contribution in [1.82, 2.24) is 14.7 Å². The number of aliphatic hydroxyl groups is 1. The van der Waals surface area contributed by atoms with Crippen molar-refractivity contribution in [2.24, 2.45) is 0 Å². The highest BCUT2D eigenvalue weighted by Gasteiger charge is 2.14. The number of hydrogen-bond acceptors (Lipinski definition) is 3. The Morgan fingerprint density at radius 2 is 2.21 bits per heavy atom. The first-order valence-electron chi connectivity index (χ1n) is 5.79. The summed E-state index contributed by atoms with van der Waals surface area (Å²) in [5.74, 6) is -0.676. The molecule has 1 aromatic carbocycles. The van der Waals surface area contributed by atoms with Crippen molar-refractivity contribution in [1.29, 1.82) is 0 Å². The SMILES string of the molecule is CN(CCO)C(=O)c1cnn(-c2ccccc2F)c1. The van der Waals surface area contributed by atoms with Crippen molar-refractivity contribution in [3.8, 4) is 5.69 Å². The first-order valence-corrected chi connectivity index (χ1v) is 5.79. The second kappa shape index (κ2) is 5.62. The second-order valence-electron chi connectivity index (χ2n) is 4.08. The zero-order valence-corrected chi connectivity index (χ0v) is 10.5. The number of para-hydroxylation sites is 1. The number of carbonyl (C=O) groups is 1. The molecule has 0 aliphatic heterocycles. The van der Waals surface area contributed by atoms with Gasteiger partial charge in [0.15, 0.2) is 0 Å². The number of rotatable bonds is 4. The van der Waals surface area contributed by atoms with Crippen LogP contribution in [0.3, 0.4) is 0 Å². The van der Waals surface area contributed by atoms with Crippen LogP contribution in [0.2, 0.25) is 0 Å². The number of nitrogens with zero attached hydrogens (tertiary/aromatic N) is 3. The highest BCUT2D eigenvalue weighted by Crippen LogP contribution is 2.13. The van der Waals surface area contributed by atoms with Crippen LogP contribution < -0.4 is 0 Å². The smallest absolute Gasteiger partial charge is 0.256 e. The number of amides is 1. The van der Waals surface area contributed by atoms with Gasteiger partial charge in [-0.25, -0.2) is 9.07 Å². The molecule has 0 spiro atoms. The van der Waals surface area contributed by atoms with Crippen LogP contribution >= 0.6 is 0 Å². The summed E-state index contributed by atoms with van der Waals surface area (Å²) >= 11 is 0. The number of carbonyl (C=O) groups excluding carboxylic acids is 1. The summed E-state index contributed by atoms with van der Waals surface area (Å²) < 4.78 is 14.9. The molecule has 0 aliphatic rings. The summed E-state index contributed by atoms with van der Waals surface area (Å²) in [6.07, 6.45) is 2.84. The minimum absolute atomic E-state index is 0.107. The van der Waals surface area contributed by atoms with Crippen LogP contribution in [-0.4, -0.2) is 45.9 Å². The van der Waals surface area contributed by atoms with Crippen molar-refractivity contribution in [3.05, 3.63) is 48.0 Å². The monoisotopic (exact) mass is 263 g/mol. The third-order valence-electron chi connectivity index (χ3n) is 2.71. The van der Waals surface area contributed by atoms with Gasteiger partial charge in [0.05, 0.1) is 18.4 Å². The van der Waals surface area contributed by atoms with Crippen LogP contribution in [0, 0.1) is 5.82 Å². The maximum Gasteiger partial charge on any atom is 0.256 e. The minimum Gasteiger partial charge on any atom is -0.395 e.